The third kappa shape index (κ3) is 2.37. The number of carbonyl (C=O) groups excluding carboxylic acids is 2. The Kier molecular flexibility index (Phi) is 3.37. The van der Waals surface area contributed by atoms with Gasteiger partial charge in [-0.2, -0.15) is 0 Å². The first-order chi connectivity index (χ1) is 10.1. The molecule has 21 heavy (non-hydrogen) atoms. The molecule has 1 unspecified atom stereocenters. The third-order valence-electron chi connectivity index (χ3n) is 4.09. The van der Waals surface area contributed by atoms with Gasteiger partial charge in [-0.3, -0.25) is 9.59 Å². The Bertz CT molecular complexity index is 613. The second-order valence-electron chi connectivity index (χ2n) is 5.38. The van der Waals surface area contributed by atoms with Gasteiger partial charge >= 0.3 is 5.97 Å². The summed E-state index contributed by atoms with van der Waals surface area (Å²) in [5, 5.41) is 12.1. The van der Waals surface area contributed by atoms with Crippen LogP contribution in [0.25, 0.3) is 0 Å². The molecule has 3 rings (SSSR count). The van der Waals surface area contributed by atoms with Gasteiger partial charge in [-0.1, -0.05) is 24.3 Å². The molecule has 0 spiro atoms. The van der Waals surface area contributed by atoms with Crippen LogP contribution in [0.3, 0.4) is 0 Å². The first kappa shape index (κ1) is 13.6. The highest BCUT2D eigenvalue weighted by molar-refractivity contribution is 5.93. The van der Waals surface area contributed by atoms with Crippen molar-refractivity contribution >= 4 is 17.8 Å². The Hall–Kier alpha value is -2.37. The molecule has 6 nitrogen and oxygen atoms in total. The lowest BCUT2D eigenvalue weighted by atomic mass is 9.92. The minimum Gasteiger partial charge on any atom is -0.479 e. The van der Waals surface area contributed by atoms with E-state index in [1.165, 1.54) is 4.90 Å². The van der Waals surface area contributed by atoms with Gasteiger partial charge in [-0.25, -0.2) is 4.79 Å². The minimum atomic E-state index is -1.04. The van der Waals surface area contributed by atoms with Gasteiger partial charge < -0.3 is 15.3 Å². The van der Waals surface area contributed by atoms with Crippen molar-refractivity contribution in [2.75, 3.05) is 6.54 Å². The van der Waals surface area contributed by atoms with E-state index < -0.39 is 18.1 Å². The van der Waals surface area contributed by atoms with Gasteiger partial charge in [0, 0.05) is 13.0 Å². The molecule has 0 aliphatic carbocycles. The predicted molar refractivity (Wildman–Crippen MR) is 73.4 cm³/mol. The molecular formula is C15H16N2O4. The molecule has 1 saturated heterocycles. The van der Waals surface area contributed by atoms with E-state index in [2.05, 4.69) is 5.32 Å². The molecule has 0 radical (unpaired) electrons. The first-order valence-corrected chi connectivity index (χ1v) is 6.98. The molecule has 2 atom stereocenters. The number of hydrogen-bond acceptors (Lipinski definition) is 3. The van der Waals surface area contributed by atoms with E-state index in [9.17, 15) is 19.5 Å². The average Bonchev–Trinajstić information content (AvgIpc) is 2.91. The lowest BCUT2D eigenvalue weighted by molar-refractivity contribution is -0.152. The van der Waals surface area contributed by atoms with Crippen molar-refractivity contribution in [3.8, 4) is 0 Å². The Morgan fingerprint density at radius 3 is 2.67 bits per heavy atom. The molecule has 6 heteroatoms. The van der Waals surface area contributed by atoms with Gasteiger partial charge in [-0.15, -0.1) is 0 Å². The van der Waals surface area contributed by atoms with Crippen molar-refractivity contribution in [2.45, 2.75) is 31.3 Å². The summed E-state index contributed by atoms with van der Waals surface area (Å²) in [5.74, 6) is -1.50. The van der Waals surface area contributed by atoms with Crippen LogP contribution >= 0.6 is 0 Å². The Balaban J connectivity index is 1.90. The van der Waals surface area contributed by atoms with E-state index in [1.54, 1.807) is 12.1 Å². The number of amides is 2. The molecule has 0 bridgehead atoms. The zero-order chi connectivity index (χ0) is 15.0. The zero-order valence-electron chi connectivity index (χ0n) is 11.4. The van der Waals surface area contributed by atoms with Crippen molar-refractivity contribution in [1.82, 2.24) is 10.2 Å². The largest absolute Gasteiger partial charge is 0.479 e. The molecule has 0 saturated carbocycles. The number of carbonyl (C=O) groups is 3. The fraction of sp³-hybridized carbons (Fsp3) is 0.400. The number of aliphatic carboxylic acids is 1. The molecular weight excluding hydrogens is 272 g/mol. The van der Waals surface area contributed by atoms with Crippen LogP contribution < -0.4 is 5.32 Å². The smallest absolute Gasteiger partial charge is 0.331 e. The van der Waals surface area contributed by atoms with Crippen LogP contribution in [-0.2, 0) is 20.8 Å². The highest BCUT2D eigenvalue weighted by atomic mass is 16.4. The van der Waals surface area contributed by atoms with Crippen molar-refractivity contribution in [3.63, 3.8) is 0 Å². The van der Waals surface area contributed by atoms with Crippen LogP contribution in [0.4, 0.5) is 0 Å². The molecule has 2 N–H and O–H groups in total. The number of carboxylic acids is 1. The van der Waals surface area contributed by atoms with E-state index in [0.717, 1.165) is 5.56 Å². The number of benzene rings is 1. The molecule has 2 aliphatic heterocycles. The summed E-state index contributed by atoms with van der Waals surface area (Å²) in [6.07, 6.45) is 1.38. The summed E-state index contributed by atoms with van der Waals surface area (Å²) in [6, 6.07) is 5.72. The van der Waals surface area contributed by atoms with Gasteiger partial charge in [0.2, 0.25) is 11.8 Å². The quantitative estimate of drug-likeness (QED) is 0.828. The average molecular weight is 288 g/mol. The Morgan fingerprint density at radius 1 is 1.24 bits per heavy atom. The number of nitrogens with one attached hydrogen (secondary N) is 1. The maximum atomic E-state index is 12.5. The topological polar surface area (TPSA) is 86.7 Å². The molecule has 2 amide bonds. The first-order valence-electron chi connectivity index (χ1n) is 6.98. The van der Waals surface area contributed by atoms with Crippen molar-refractivity contribution in [1.29, 1.82) is 0 Å². The normalized spacial score (nSPS) is 24.4. The van der Waals surface area contributed by atoms with Crippen LogP contribution in [0.2, 0.25) is 0 Å². The van der Waals surface area contributed by atoms with E-state index in [1.807, 2.05) is 12.1 Å². The maximum absolute atomic E-state index is 12.5. The van der Waals surface area contributed by atoms with Crippen molar-refractivity contribution in [2.24, 2.45) is 0 Å². The van der Waals surface area contributed by atoms with Crippen LogP contribution in [0, 0.1) is 0 Å². The summed E-state index contributed by atoms with van der Waals surface area (Å²) in [4.78, 5) is 36.8. The monoisotopic (exact) mass is 288 g/mol. The number of fused-ring (bicyclic) bond motifs is 1. The molecule has 110 valence electrons. The van der Waals surface area contributed by atoms with E-state index >= 15 is 0 Å². The molecule has 2 heterocycles. The van der Waals surface area contributed by atoms with Gasteiger partial charge in [0.25, 0.3) is 0 Å². The van der Waals surface area contributed by atoms with Gasteiger partial charge in [0.15, 0.2) is 6.04 Å². The summed E-state index contributed by atoms with van der Waals surface area (Å²) >= 11 is 0. The maximum Gasteiger partial charge on any atom is 0.331 e. The van der Waals surface area contributed by atoms with Crippen LogP contribution in [0.15, 0.2) is 24.3 Å². The lowest BCUT2D eigenvalue weighted by Crippen LogP contribution is -2.50. The highest BCUT2D eigenvalue weighted by Gasteiger charge is 2.40. The van der Waals surface area contributed by atoms with Gasteiger partial charge in [0.05, 0.1) is 0 Å². The highest BCUT2D eigenvalue weighted by Crippen LogP contribution is 2.31. The Labute approximate surface area is 121 Å². The molecule has 1 fully saturated rings. The van der Waals surface area contributed by atoms with E-state index in [4.69, 9.17) is 0 Å². The van der Waals surface area contributed by atoms with Gasteiger partial charge in [0.1, 0.15) is 6.04 Å². The number of nitrogens with zero attached hydrogens (tertiary/aromatic N) is 1. The van der Waals surface area contributed by atoms with Crippen molar-refractivity contribution < 1.29 is 19.5 Å². The summed E-state index contributed by atoms with van der Waals surface area (Å²) in [7, 11) is 0. The van der Waals surface area contributed by atoms with Crippen LogP contribution in [0.1, 0.15) is 30.0 Å². The fourth-order valence-corrected chi connectivity index (χ4v) is 3.07. The molecule has 0 aromatic heterocycles. The van der Waals surface area contributed by atoms with Gasteiger partial charge in [-0.05, 0) is 24.0 Å². The molecule has 2 aliphatic rings. The molecule has 1 aromatic rings. The second-order valence-corrected chi connectivity index (χ2v) is 5.38. The lowest BCUT2D eigenvalue weighted by Gasteiger charge is -2.36. The SMILES string of the molecule is O=C1CC[C@H](C(=O)N2CCc3ccccc3C2C(=O)O)N1. The van der Waals surface area contributed by atoms with E-state index in [0.29, 0.717) is 31.4 Å². The molecule has 1 aromatic carbocycles. The number of rotatable bonds is 2. The predicted octanol–water partition coefficient (Wildman–Crippen LogP) is 0.476. The Morgan fingerprint density at radius 2 is 2.00 bits per heavy atom. The standard InChI is InChI=1S/C15H16N2O4/c18-12-6-5-11(16-12)14(19)17-8-7-9-3-1-2-4-10(9)13(17)15(20)21/h1-4,11,13H,5-8H2,(H,16,18)(H,20,21)/t11-,13?/m1/s1. The summed E-state index contributed by atoms with van der Waals surface area (Å²) in [5.41, 5.74) is 1.62. The fourth-order valence-electron chi connectivity index (χ4n) is 3.07. The third-order valence-corrected chi connectivity index (χ3v) is 4.09. The number of hydrogen-bond donors (Lipinski definition) is 2. The summed E-state index contributed by atoms with van der Waals surface area (Å²) in [6.45, 7) is 0.360. The van der Waals surface area contributed by atoms with Crippen molar-refractivity contribution in [3.05, 3.63) is 35.4 Å². The summed E-state index contributed by atoms with van der Waals surface area (Å²) < 4.78 is 0. The van der Waals surface area contributed by atoms with Crippen LogP contribution in [0.5, 0.6) is 0 Å². The van der Waals surface area contributed by atoms with Crippen LogP contribution in [-0.4, -0.2) is 40.4 Å². The number of carboxylic acid groups (broad SMARTS) is 1. The van der Waals surface area contributed by atoms with E-state index in [-0.39, 0.29) is 11.8 Å². The minimum absolute atomic E-state index is 0.155. The second kappa shape index (κ2) is 5.20. The zero-order valence-corrected chi connectivity index (χ0v) is 11.4.